The predicted octanol–water partition coefficient (Wildman–Crippen LogP) is 3.61. The van der Waals surface area contributed by atoms with Crippen LogP contribution >= 0.6 is 12.6 Å². The van der Waals surface area contributed by atoms with E-state index in [-0.39, 0.29) is 11.3 Å². The van der Waals surface area contributed by atoms with Gasteiger partial charge in [-0.2, -0.15) is 12.6 Å². The molecule has 2 rings (SSSR count). The van der Waals surface area contributed by atoms with Gasteiger partial charge in [0.15, 0.2) is 0 Å². The third-order valence-corrected chi connectivity index (χ3v) is 4.76. The molecule has 24 heavy (non-hydrogen) atoms. The van der Waals surface area contributed by atoms with E-state index in [1.807, 2.05) is 27.7 Å². The molecule has 1 heterocycles. The van der Waals surface area contributed by atoms with E-state index in [1.54, 1.807) is 0 Å². The summed E-state index contributed by atoms with van der Waals surface area (Å²) in [5.74, 6) is -3.17. The second kappa shape index (κ2) is 6.50. The lowest BCUT2D eigenvalue weighted by molar-refractivity contribution is 0.00578. The van der Waals surface area contributed by atoms with Crippen molar-refractivity contribution in [2.75, 3.05) is 5.75 Å². The lowest BCUT2D eigenvalue weighted by Gasteiger charge is -2.32. The average Bonchev–Trinajstić information content (AvgIpc) is 2.67. The number of thiol groups is 1. The fourth-order valence-corrected chi connectivity index (χ4v) is 2.46. The molecule has 1 fully saturated rings. The second-order valence-corrected chi connectivity index (χ2v) is 6.94. The molecule has 0 unspecified atom stereocenters. The van der Waals surface area contributed by atoms with E-state index in [2.05, 4.69) is 12.6 Å². The maximum atomic E-state index is 14.1. The van der Waals surface area contributed by atoms with Crippen LogP contribution in [0.3, 0.4) is 0 Å². The van der Waals surface area contributed by atoms with Crippen molar-refractivity contribution in [3.05, 3.63) is 40.4 Å². The normalized spacial score (nSPS) is 19.6. The first-order valence-corrected chi connectivity index (χ1v) is 8.01. The first-order valence-electron chi connectivity index (χ1n) is 7.38. The van der Waals surface area contributed by atoms with Crippen LogP contribution in [0.1, 0.15) is 43.6 Å². The van der Waals surface area contributed by atoms with E-state index >= 15 is 0 Å². The smallest absolute Gasteiger partial charge is 0.478 e. The molecule has 1 aliphatic rings. The standard InChI is InChI=1S/C16H19BF2O4S/c1-15(2)16(3,4)23-17(22-15)10(8-24)5-9-6-13(19)11(14(20)21)7-12(9)18/h5-7,24H,8H2,1-4H3,(H,20,21). The van der Waals surface area contributed by atoms with Crippen molar-refractivity contribution < 1.29 is 28.0 Å². The quantitative estimate of drug-likeness (QED) is 0.639. The monoisotopic (exact) mass is 356 g/mol. The second-order valence-electron chi connectivity index (χ2n) is 6.62. The summed E-state index contributed by atoms with van der Waals surface area (Å²) < 4.78 is 39.6. The average molecular weight is 356 g/mol. The number of benzene rings is 1. The predicted molar refractivity (Wildman–Crippen MR) is 91.2 cm³/mol. The van der Waals surface area contributed by atoms with Gasteiger partial charge >= 0.3 is 13.1 Å². The highest BCUT2D eigenvalue weighted by atomic mass is 32.1. The van der Waals surface area contributed by atoms with Crippen LogP contribution in [0, 0.1) is 11.6 Å². The number of rotatable bonds is 4. The molecule has 0 bridgehead atoms. The molecule has 0 aromatic heterocycles. The lowest BCUT2D eigenvalue weighted by Crippen LogP contribution is -2.41. The van der Waals surface area contributed by atoms with Crippen LogP contribution in [0.2, 0.25) is 0 Å². The molecule has 130 valence electrons. The van der Waals surface area contributed by atoms with Gasteiger partial charge in [0.25, 0.3) is 0 Å². The molecule has 1 saturated heterocycles. The van der Waals surface area contributed by atoms with Crippen molar-refractivity contribution >= 4 is 31.8 Å². The van der Waals surface area contributed by atoms with E-state index in [0.29, 0.717) is 11.5 Å². The molecule has 8 heteroatoms. The molecule has 0 aliphatic carbocycles. The number of carboxylic acids is 1. The molecule has 0 atom stereocenters. The zero-order valence-corrected chi connectivity index (χ0v) is 14.8. The Bertz CT molecular complexity index is 688. The lowest BCUT2D eigenvalue weighted by atomic mass is 9.78. The van der Waals surface area contributed by atoms with Gasteiger partial charge in [-0.15, -0.1) is 0 Å². The van der Waals surface area contributed by atoms with E-state index in [4.69, 9.17) is 14.4 Å². The maximum Gasteiger partial charge on any atom is 0.491 e. The van der Waals surface area contributed by atoms with E-state index in [1.165, 1.54) is 6.08 Å². The summed E-state index contributed by atoms with van der Waals surface area (Å²) in [6.45, 7) is 7.52. The van der Waals surface area contributed by atoms with Crippen molar-refractivity contribution in [1.29, 1.82) is 0 Å². The van der Waals surface area contributed by atoms with Crippen molar-refractivity contribution in [2.24, 2.45) is 0 Å². The van der Waals surface area contributed by atoms with Gasteiger partial charge in [-0.25, -0.2) is 13.6 Å². The van der Waals surface area contributed by atoms with Crippen molar-refractivity contribution in [3.63, 3.8) is 0 Å². The Morgan fingerprint density at radius 1 is 1.21 bits per heavy atom. The molecule has 1 aliphatic heterocycles. The Hall–Kier alpha value is -1.38. The van der Waals surface area contributed by atoms with Gasteiger partial charge in [0.2, 0.25) is 0 Å². The fourth-order valence-electron chi connectivity index (χ4n) is 2.22. The highest BCUT2D eigenvalue weighted by Gasteiger charge is 2.52. The minimum atomic E-state index is -1.53. The number of carbonyl (C=O) groups is 1. The SMILES string of the molecule is CC1(C)OB(C(=Cc2cc(F)c(C(=O)O)cc2F)CS)OC1(C)C. The summed E-state index contributed by atoms with van der Waals surface area (Å²) >= 11 is 4.21. The molecule has 0 spiro atoms. The molecular weight excluding hydrogens is 337 g/mol. The Labute approximate surface area is 145 Å². The molecule has 1 aromatic carbocycles. The van der Waals surface area contributed by atoms with E-state index in [9.17, 15) is 13.6 Å². The van der Waals surface area contributed by atoms with Crippen molar-refractivity contribution in [1.82, 2.24) is 0 Å². The summed E-state index contributed by atoms with van der Waals surface area (Å²) in [6, 6.07) is 1.50. The number of aromatic carboxylic acids is 1. The van der Waals surface area contributed by atoms with Gasteiger partial charge in [0.05, 0.1) is 16.8 Å². The fraction of sp³-hybridized carbons (Fsp3) is 0.438. The van der Waals surface area contributed by atoms with Gasteiger partial charge in [0.1, 0.15) is 11.6 Å². The van der Waals surface area contributed by atoms with Crippen molar-refractivity contribution in [3.8, 4) is 0 Å². The van der Waals surface area contributed by atoms with Gasteiger partial charge in [-0.3, -0.25) is 0 Å². The molecular formula is C16H19BF2O4S. The highest BCUT2D eigenvalue weighted by molar-refractivity contribution is 7.80. The first kappa shape index (κ1) is 19.0. The molecule has 0 saturated carbocycles. The van der Waals surface area contributed by atoms with Gasteiger partial charge in [-0.05, 0) is 45.3 Å². The molecule has 4 nitrogen and oxygen atoms in total. The summed E-state index contributed by atoms with van der Waals surface area (Å²) in [6.07, 6.45) is 1.37. The van der Waals surface area contributed by atoms with Crippen molar-refractivity contribution in [2.45, 2.75) is 38.9 Å². The Morgan fingerprint density at radius 2 is 1.75 bits per heavy atom. The zero-order valence-electron chi connectivity index (χ0n) is 13.9. The van der Waals surface area contributed by atoms with Crippen LogP contribution in [-0.2, 0) is 9.31 Å². The largest absolute Gasteiger partial charge is 0.491 e. The van der Waals surface area contributed by atoms with Gasteiger partial charge in [-0.1, -0.05) is 6.08 Å². The molecule has 1 aromatic rings. The number of carboxylic acid groups (broad SMARTS) is 1. The topological polar surface area (TPSA) is 55.8 Å². The van der Waals surface area contributed by atoms with Crippen LogP contribution in [0.4, 0.5) is 8.78 Å². The highest BCUT2D eigenvalue weighted by Crippen LogP contribution is 2.39. The van der Waals surface area contributed by atoms with Gasteiger partial charge in [0, 0.05) is 11.3 Å². The summed E-state index contributed by atoms with van der Waals surface area (Å²) in [5, 5.41) is 8.82. The van der Waals surface area contributed by atoms with Gasteiger partial charge < -0.3 is 14.4 Å². The third kappa shape index (κ3) is 3.50. The van der Waals surface area contributed by atoms with E-state index < -0.39 is 41.5 Å². The van der Waals surface area contributed by atoms with Crippen LogP contribution in [0.5, 0.6) is 0 Å². The van der Waals surface area contributed by atoms with E-state index in [0.717, 1.165) is 6.07 Å². The minimum Gasteiger partial charge on any atom is -0.478 e. The first-order chi connectivity index (χ1) is 11.0. The van der Waals surface area contributed by atoms with Crippen LogP contribution < -0.4 is 0 Å². The molecule has 0 radical (unpaired) electrons. The van der Waals surface area contributed by atoms with Crippen LogP contribution in [0.15, 0.2) is 17.6 Å². The third-order valence-electron chi connectivity index (χ3n) is 4.40. The van der Waals surface area contributed by atoms with Crippen LogP contribution in [-0.4, -0.2) is 35.1 Å². The zero-order chi connectivity index (χ0) is 18.3. The number of hydrogen-bond acceptors (Lipinski definition) is 4. The number of hydrogen-bond donors (Lipinski definition) is 2. The summed E-state index contributed by atoms with van der Waals surface area (Å²) in [4.78, 5) is 10.8. The molecule has 1 N–H and O–H groups in total. The summed E-state index contributed by atoms with van der Waals surface area (Å²) in [7, 11) is -0.742. The summed E-state index contributed by atoms with van der Waals surface area (Å²) in [5.41, 5.74) is -1.44. The Balaban J connectivity index is 2.39. The minimum absolute atomic E-state index is 0.0868. The molecule has 0 amide bonds. The maximum absolute atomic E-state index is 14.1. The van der Waals surface area contributed by atoms with Crippen LogP contribution in [0.25, 0.3) is 6.08 Å². The Kier molecular flexibility index (Phi) is 5.13. The number of halogens is 2. The Morgan fingerprint density at radius 3 is 2.21 bits per heavy atom.